The Bertz CT molecular complexity index is 557. The fourth-order valence-electron chi connectivity index (χ4n) is 1.74. The van der Waals surface area contributed by atoms with E-state index < -0.39 is 0 Å². The van der Waals surface area contributed by atoms with Gasteiger partial charge in [0.15, 0.2) is 0 Å². The maximum absolute atomic E-state index is 11.7. The van der Waals surface area contributed by atoms with Crippen LogP contribution < -0.4 is 5.32 Å². The highest BCUT2D eigenvalue weighted by atomic mass is 16.2. The number of rotatable bonds is 4. The molecule has 0 radical (unpaired) electrons. The summed E-state index contributed by atoms with van der Waals surface area (Å²) in [6.07, 6.45) is 1.81. The van der Waals surface area contributed by atoms with Gasteiger partial charge in [-0.1, -0.05) is 0 Å². The van der Waals surface area contributed by atoms with Crippen molar-refractivity contribution in [2.75, 3.05) is 19.4 Å². The molecule has 2 aromatic rings. The van der Waals surface area contributed by atoms with Crippen molar-refractivity contribution in [3.8, 4) is 0 Å². The molecule has 0 bridgehead atoms. The first-order valence-corrected chi connectivity index (χ1v) is 6.12. The van der Waals surface area contributed by atoms with Crippen molar-refractivity contribution < 1.29 is 4.79 Å². The van der Waals surface area contributed by atoms with Crippen LogP contribution in [0.15, 0.2) is 30.5 Å². The van der Waals surface area contributed by atoms with Crippen LogP contribution in [-0.4, -0.2) is 35.1 Å². The number of aromatic amines is 1. The average molecular weight is 258 g/mol. The summed E-state index contributed by atoms with van der Waals surface area (Å²) < 4.78 is 0. The molecular weight excluding hydrogens is 240 g/mol. The maximum atomic E-state index is 11.7. The number of carbonyl (C=O) groups is 1. The fraction of sp³-hybridized carbons (Fsp3) is 0.286. The highest BCUT2D eigenvalue weighted by Crippen LogP contribution is 2.13. The number of carbonyl (C=O) groups excluding carboxylic acids is 1. The zero-order chi connectivity index (χ0) is 13.8. The van der Waals surface area contributed by atoms with Gasteiger partial charge in [0, 0.05) is 43.1 Å². The molecule has 0 aliphatic rings. The zero-order valence-corrected chi connectivity index (χ0v) is 11.4. The lowest BCUT2D eigenvalue weighted by molar-refractivity contribution is 0.0827. The molecule has 1 aromatic carbocycles. The quantitative estimate of drug-likeness (QED) is 0.882. The normalized spacial score (nSPS) is 10.3. The van der Waals surface area contributed by atoms with Crippen molar-refractivity contribution in [3.63, 3.8) is 0 Å². The largest absolute Gasteiger partial charge is 0.381 e. The summed E-state index contributed by atoms with van der Waals surface area (Å²) in [4.78, 5) is 13.3. The average Bonchev–Trinajstić information content (AvgIpc) is 2.81. The molecule has 0 spiro atoms. The van der Waals surface area contributed by atoms with E-state index >= 15 is 0 Å². The SMILES string of the molecule is Cc1[nH]ncc1CNc1ccc(C(=O)N(C)C)cc1. The molecule has 5 heteroatoms. The Hall–Kier alpha value is -2.30. The molecule has 0 aliphatic heterocycles. The Morgan fingerprint density at radius 2 is 2.00 bits per heavy atom. The van der Waals surface area contributed by atoms with Gasteiger partial charge in [-0.05, 0) is 31.2 Å². The lowest BCUT2D eigenvalue weighted by Gasteiger charge is -2.11. The summed E-state index contributed by atoms with van der Waals surface area (Å²) >= 11 is 0. The number of nitrogens with one attached hydrogen (secondary N) is 2. The maximum Gasteiger partial charge on any atom is 0.253 e. The number of benzene rings is 1. The third-order valence-corrected chi connectivity index (χ3v) is 2.96. The van der Waals surface area contributed by atoms with Crippen LogP contribution in [0.3, 0.4) is 0 Å². The summed E-state index contributed by atoms with van der Waals surface area (Å²) in [6.45, 7) is 2.70. The standard InChI is InChI=1S/C14H18N4O/c1-10-12(9-16-17-10)8-15-13-6-4-11(5-7-13)14(19)18(2)3/h4-7,9,15H,8H2,1-3H3,(H,16,17). The molecule has 19 heavy (non-hydrogen) atoms. The van der Waals surface area contributed by atoms with E-state index in [9.17, 15) is 4.79 Å². The van der Waals surface area contributed by atoms with Crippen LogP contribution in [0.4, 0.5) is 5.69 Å². The Morgan fingerprint density at radius 1 is 1.32 bits per heavy atom. The highest BCUT2D eigenvalue weighted by Gasteiger charge is 2.07. The number of anilines is 1. The molecule has 2 rings (SSSR count). The third kappa shape index (κ3) is 3.13. The second-order valence-corrected chi connectivity index (χ2v) is 4.65. The molecule has 2 N–H and O–H groups in total. The van der Waals surface area contributed by atoms with Gasteiger partial charge in [0.1, 0.15) is 0 Å². The Morgan fingerprint density at radius 3 is 2.53 bits per heavy atom. The number of nitrogens with zero attached hydrogens (tertiary/aromatic N) is 2. The van der Waals surface area contributed by atoms with Gasteiger partial charge >= 0.3 is 0 Å². The van der Waals surface area contributed by atoms with Gasteiger partial charge in [0.05, 0.1) is 6.20 Å². The first kappa shape index (κ1) is 13.1. The molecule has 5 nitrogen and oxygen atoms in total. The van der Waals surface area contributed by atoms with E-state index in [1.807, 2.05) is 37.4 Å². The zero-order valence-electron chi connectivity index (χ0n) is 11.4. The van der Waals surface area contributed by atoms with E-state index in [1.165, 1.54) is 0 Å². The van der Waals surface area contributed by atoms with Gasteiger partial charge in [-0.3, -0.25) is 9.89 Å². The van der Waals surface area contributed by atoms with Crippen molar-refractivity contribution in [2.45, 2.75) is 13.5 Å². The van der Waals surface area contributed by atoms with Crippen LogP contribution in [0.2, 0.25) is 0 Å². The summed E-state index contributed by atoms with van der Waals surface area (Å²) in [7, 11) is 3.49. The number of hydrogen-bond acceptors (Lipinski definition) is 3. The van der Waals surface area contributed by atoms with Gasteiger partial charge in [-0.2, -0.15) is 5.10 Å². The molecule has 0 fully saturated rings. The summed E-state index contributed by atoms with van der Waals surface area (Å²) in [6, 6.07) is 7.47. The molecule has 0 saturated carbocycles. The van der Waals surface area contributed by atoms with E-state index in [1.54, 1.807) is 19.0 Å². The van der Waals surface area contributed by atoms with Crippen molar-refractivity contribution in [3.05, 3.63) is 47.3 Å². The minimum atomic E-state index is 0.0113. The number of aromatic nitrogens is 2. The number of amides is 1. The lowest BCUT2D eigenvalue weighted by Crippen LogP contribution is -2.21. The summed E-state index contributed by atoms with van der Waals surface area (Å²) in [5, 5.41) is 10.2. The van der Waals surface area contributed by atoms with Crippen LogP contribution in [-0.2, 0) is 6.54 Å². The number of aryl methyl sites for hydroxylation is 1. The van der Waals surface area contributed by atoms with Gasteiger partial charge in [-0.25, -0.2) is 0 Å². The van der Waals surface area contributed by atoms with Crippen molar-refractivity contribution in [2.24, 2.45) is 0 Å². The van der Waals surface area contributed by atoms with E-state index in [-0.39, 0.29) is 5.91 Å². The molecule has 0 saturated heterocycles. The monoisotopic (exact) mass is 258 g/mol. The van der Waals surface area contributed by atoms with Crippen LogP contribution in [0.1, 0.15) is 21.6 Å². The van der Waals surface area contributed by atoms with Crippen LogP contribution in [0.5, 0.6) is 0 Å². The highest BCUT2D eigenvalue weighted by molar-refractivity contribution is 5.94. The molecule has 0 atom stereocenters. The Kier molecular flexibility index (Phi) is 3.85. The Balaban J connectivity index is 1.99. The van der Waals surface area contributed by atoms with E-state index in [4.69, 9.17) is 0 Å². The van der Waals surface area contributed by atoms with Gasteiger partial charge in [-0.15, -0.1) is 0 Å². The van der Waals surface area contributed by atoms with Crippen LogP contribution in [0.25, 0.3) is 0 Å². The van der Waals surface area contributed by atoms with Gasteiger partial charge in [0.2, 0.25) is 0 Å². The molecule has 1 heterocycles. The Labute approximate surface area is 112 Å². The molecular formula is C14H18N4O. The van der Waals surface area contributed by atoms with Crippen molar-refractivity contribution in [1.29, 1.82) is 0 Å². The van der Waals surface area contributed by atoms with Crippen molar-refractivity contribution in [1.82, 2.24) is 15.1 Å². The second-order valence-electron chi connectivity index (χ2n) is 4.65. The summed E-state index contributed by atoms with van der Waals surface area (Å²) in [5.74, 6) is 0.0113. The van der Waals surface area contributed by atoms with E-state index in [2.05, 4.69) is 15.5 Å². The molecule has 1 aromatic heterocycles. The predicted octanol–water partition coefficient (Wildman–Crippen LogP) is 2.03. The molecule has 1 amide bonds. The smallest absolute Gasteiger partial charge is 0.253 e. The number of hydrogen-bond donors (Lipinski definition) is 2. The van der Waals surface area contributed by atoms with E-state index in [0.29, 0.717) is 12.1 Å². The van der Waals surface area contributed by atoms with Crippen LogP contribution >= 0.6 is 0 Å². The van der Waals surface area contributed by atoms with Gasteiger partial charge in [0.25, 0.3) is 5.91 Å². The first-order valence-electron chi connectivity index (χ1n) is 6.12. The number of H-pyrrole nitrogens is 1. The fourth-order valence-corrected chi connectivity index (χ4v) is 1.74. The minimum absolute atomic E-state index is 0.0113. The minimum Gasteiger partial charge on any atom is -0.381 e. The van der Waals surface area contributed by atoms with Crippen molar-refractivity contribution >= 4 is 11.6 Å². The summed E-state index contributed by atoms with van der Waals surface area (Å²) in [5.41, 5.74) is 3.87. The van der Waals surface area contributed by atoms with E-state index in [0.717, 1.165) is 16.9 Å². The van der Waals surface area contributed by atoms with Crippen LogP contribution in [0, 0.1) is 6.92 Å². The lowest BCUT2D eigenvalue weighted by atomic mass is 10.2. The molecule has 0 aliphatic carbocycles. The van der Waals surface area contributed by atoms with Gasteiger partial charge < -0.3 is 10.2 Å². The third-order valence-electron chi connectivity index (χ3n) is 2.96. The second kappa shape index (κ2) is 5.56. The predicted molar refractivity (Wildman–Crippen MR) is 75.1 cm³/mol. The topological polar surface area (TPSA) is 61.0 Å². The first-order chi connectivity index (χ1) is 9.08. The molecule has 100 valence electrons. The molecule has 0 unspecified atom stereocenters.